The van der Waals surface area contributed by atoms with Crippen molar-refractivity contribution in [2.45, 2.75) is 70.3 Å². The first-order valence-corrected chi connectivity index (χ1v) is 11.7. The highest BCUT2D eigenvalue weighted by molar-refractivity contribution is 5.94. The average Bonchev–Trinajstić information content (AvgIpc) is 2.71. The van der Waals surface area contributed by atoms with Crippen LogP contribution >= 0.6 is 0 Å². The van der Waals surface area contributed by atoms with Crippen LogP contribution in [0.1, 0.15) is 63.0 Å². The molecule has 2 aromatic carbocycles. The maximum atomic E-state index is 12.8. The summed E-state index contributed by atoms with van der Waals surface area (Å²) in [5, 5.41) is 3.06. The van der Waals surface area contributed by atoms with Crippen molar-refractivity contribution in [3.05, 3.63) is 59.7 Å². The Morgan fingerprint density at radius 2 is 1.67 bits per heavy atom. The number of rotatable bonds is 6. The number of hydrogen-bond donors (Lipinski definition) is 1. The van der Waals surface area contributed by atoms with Crippen molar-refractivity contribution in [3.63, 3.8) is 0 Å². The van der Waals surface area contributed by atoms with Gasteiger partial charge in [0.15, 0.2) is 6.10 Å². The van der Waals surface area contributed by atoms with E-state index in [0.29, 0.717) is 11.8 Å². The van der Waals surface area contributed by atoms with Gasteiger partial charge in [0.1, 0.15) is 5.75 Å². The summed E-state index contributed by atoms with van der Waals surface area (Å²) in [6, 6.07) is 16.6. The minimum Gasteiger partial charge on any atom is -0.481 e. The summed E-state index contributed by atoms with van der Waals surface area (Å²) >= 11 is 0. The second-order valence-corrected chi connectivity index (χ2v) is 10.1. The van der Waals surface area contributed by atoms with Gasteiger partial charge in [0.25, 0.3) is 5.91 Å². The van der Waals surface area contributed by atoms with Crippen LogP contribution in [0.15, 0.2) is 48.5 Å². The molecule has 0 aliphatic heterocycles. The van der Waals surface area contributed by atoms with E-state index in [0.717, 1.165) is 34.8 Å². The number of hydrogen-bond acceptors (Lipinski definition) is 2. The van der Waals surface area contributed by atoms with E-state index in [4.69, 9.17) is 4.74 Å². The zero-order valence-corrected chi connectivity index (χ0v) is 18.2. The van der Waals surface area contributed by atoms with Crippen LogP contribution in [0.2, 0.25) is 0 Å². The molecule has 4 bridgehead atoms. The van der Waals surface area contributed by atoms with Gasteiger partial charge in [-0.2, -0.15) is 0 Å². The Balaban J connectivity index is 1.26. The summed E-state index contributed by atoms with van der Waals surface area (Å²) < 4.78 is 5.95. The molecule has 0 saturated heterocycles. The van der Waals surface area contributed by atoms with Crippen molar-refractivity contribution in [2.75, 3.05) is 5.32 Å². The van der Waals surface area contributed by atoms with Crippen LogP contribution in [0, 0.1) is 24.7 Å². The fourth-order valence-electron chi connectivity index (χ4n) is 6.77. The fourth-order valence-corrected chi connectivity index (χ4v) is 6.77. The van der Waals surface area contributed by atoms with Crippen LogP contribution in [0.5, 0.6) is 5.75 Å². The van der Waals surface area contributed by atoms with Crippen LogP contribution in [-0.4, -0.2) is 12.0 Å². The molecular formula is C27H33NO2. The molecule has 1 atom stereocenters. The minimum absolute atomic E-state index is 0.0819. The van der Waals surface area contributed by atoms with Crippen molar-refractivity contribution < 1.29 is 9.53 Å². The highest BCUT2D eigenvalue weighted by atomic mass is 16.5. The molecule has 158 valence electrons. The Morgan fingerprint density at radius 1 is 1.03 bits per heavy atom. The van der Waals surface area contributed by atoms with Crippen LogP contribution in [0.3, 0.4) is 0 Å². The molecule has 0 aromatic heterocycles. The van der Waals surface area contributed by atoms with Crippen LogP contribution < -0.4 is 10.1 Å². The molecule has 1 amide bonds. The average molecular weight is 404 g/mol. The van der Waals surface area contributed by atoms with E-state index in [9.17, 15) is 4.79 Å². The third kappa shape index (κ3) is 3.75. The first kappa shape index (κ1) is 19.7. The van der Waals surface area contributed by atoms with Gasteiger partial charge in [0, 0.05) is 5.69 Å². The lowest BCUT2D eigenvalue weighted by molar-refractivity contribution is -0.122. The van der Waals surface area contributed by atoms with E-state index in [1.165, 1.54) is 44.1 Å². The quantitative estimate of drug-likeness (QED) is 0.618. The molecule has 3 nitrogen and oxygen atoms in total. The zero-order valence-electron chi connectivity index (χ0n) is 18.2. The topological polar surface area (TPSA) is 38.3 Å². The molecule has 0 unspecified atom stereocenters. The Hall–Kier alpha value is -2.29. The number of anilines is 1. The molecule has 0 spiro atoms. The summed E-state index contributed by atoms with van der Waals surface area (Å²) in [7, 11) is 0. The van der Waals surface area contributed by atoms with Crippen molar-refractivity contribution in [2.24, 2.45) is 17.8 Å². The first-order valence-electron chi connectivity index (χ1n) is 11.7. The van der Waals surface area contributed by atoms with Gasteiger partial charge in [0.05, 0.1) is 0 Å². The van der Waals surface area contributed by atoms with Gasteiger partial charge in [-0.1, -0.05) is 31.2 Å². The van der Waals surface area contributed by atoms with Crippen LogP contribution in [0.4, 0.5) is 5.69 Å². The molecule has 30 heavy (non-hydrogen) atoms. The van der Waals surface area contributed by atoms with E-state index in [1.807, 2.05) is 38.1 Å². The van der Waals surface area contributed by atoms with E-state index >= 15 is 0 Å². The zero-order chi connectivity index (χ0) is 20.7. The normalized spacial score (nSPS) is 30.1. The number of benzene rings is 2. The SMILES string of the molecule is CC[C@@H](Oc1cccc(C)c1)C(=O)Nc1ccc(C23CC4CC(CC(C4)C2)C3)cc1. The Bertz CT molecular complexity index is 881. The van der Waals surface area contributed by atoms with E-state index in [2.05, 4.69) is 29.6 Å². The molecule has 4 fully saturated rings. The molecule has 4 aliphatic carbocycles. The van der Waals surface area contributed by atoms with Crippen molar-refractivity contribution in [1.29, 1.82) is 0 Å². The molecule has 4 aliphatic rings. The standard InChI is InChI=1S/C27H33NO2/c1-3-25(30-24-6-4-5-18(2)11-24)26(29)28-23-9-7-22(8-10-23)27-15-19-12-20(16-27)14-21(13-19)17-27/h4-11,19-21,25H,3,12-17H2,1-2H3,(H,28,29)/t19?,20?,21?,25-,27?/m1/s1. The Morgan fingerprint density at radius 3 is 2.23 bits per heavy atom. The third-order valence-electron chi connectivity index (χ3n) is 7.73. The van der Waals surface area contributed by atoms with Crippen molar-refractivity contribution >= 4 is 11.6 Å². The summed E-state index contributed by atoms with van der Waals surface area (Å²) in [5.41, 5.74) is 3.88. The molecular weight excluding hydrogens is 370 g/mol. The summed E-state index contributed by atoms with van der Waals surface area (Å²) in [6.07, 6.45) is 8.64. The van der Waals surface area contributed by atoms with Gasteiger partial charge in [-0.05, 0) is 110 Å². The lowest BCUT2D eigenvalue weighted by atomic mass is 9.48. The molecule has 6 rings (SSSR count). The smallest absolute Gasteiger partial charge is 0.265 e. The predicted molar refractivity (Wildman–Crippen MR) is 121 cm³/mol. The van der Waals surface area contributed by atoms with Gasteiger partial charge in [-0.15, -0.1) is 0 Å². The number of amides is 1. The third-order valence-corrected chi connectivity index (χ3v) is 7.73. The van der Waals surface area contributed by atoms with E-state index in [1.54, 1.807) is 0 Å². The van der Waals surface area contributed by atoms with Crippen LogP contribution in [-0.2, 0) is 10.2 Å². The maximum Gasteiger partial charge on any atom is 0.265 e. The number of ether oxygens (including phenoxy) is 1. The highest BCUT2D eigenvalue weighted by Crippen LogP contribution is 2.60. The summed E-state index contributed by atoms with van der Waals surface area (Å²) in [4.78, 5) is 12.8. The number of nitrogens with one attached hydrogen (secondary N) is 1. The number of carbonyl (C=O) groups excluding carboxylic acids is 1. The second-order valence-electron chi connectivity index (χ2n) is 10.1. The fraction of sp³-hybridized carbons (Fsp3) is 0.519. The van der Waals surface area contributed by atoms with Gasteiger partial charge in [-0.25, -0.2) is 0 Å². The molecule has 1 N–H and O–H groups in total. The van der Waals surface area contributed by atoms with E-state index < -0.39 is 6.10 Å². The minimum atomic E-state index is -0.491. The lowest BCUT2D eigenvalue weighted by Crippen LogP contribution is -2.48. The lowest BCUT2D eigenvalue weighted by Gasteiger charge is -2.57. The van der Waals surface area contributed by atoms with Gasteiger partial charge in [-0.3, -0.25) is 4.79 Å². The van der Waals surface area contributed by atoms with Gasteiger partial charge in [0.2, 0.25) is 0 Å². The highest BCUT2D eigenvalue weighted by Gasteiger charge is 2.51. The number of carbonyl (C=O) groups is 1. The van der Waals surface area contributed by atoms with E-state index in [-0.39, 0.29) is 5.91 Å². The summed E-state index contributed by atoms with van der Waals surface area (Å²) in [6.45, 7) is 4.01. The molecule has 4 saturated carbocycles. The summed E-state index contributed by atoms with van der Waals surface area (Å²) in [5.74, 6) is 3.50. The Labute approximate surface area is 180 Å². The monoisotopic (exact) mass is 403 g/mol. The predicted octanol–water partition coefficient (Wildman–Crippen LogP) is 6.26. The molecule has 2 aromatic rings. The molecule has 0 radical (unpaired) electrons. The van der Waals surface area contributed by atoms with Crippen LogP contribution in [0.25, 0.3) is 0 Å². The molecule has 3 heteroatoms. The van der Waals surface area contributed by atoms with Crippen molar-refractivity contribution in [3.8, 4) is 5.75 Å². The van der Waals surface area contributed by atoms with Gasteiger partial charge < -0.3 is 10.1 Å². The Kier molecular flexibility index (Phi) is 5.08. The molecule has 0 heterocycles. The van der Waals surface area contributed by atoms with Gasteiger partial charge >= 0.3 is 0 Å². The first-order chi connectivity index (χ1) is 14.5. The number of aryl methyl sites for hydroxylation is 1. The second kappa shape index (κ2) is 7.76. The van der Waals surface area contributed by atoms with Crippen molar-refractivity contribution in [1.82, 2.24) is 0 Å². The maximum absolute atomic E-state index is 12.8. The largest absolute Gasteiger partial charge is 0.481 e.